The molecule has 3 rings (SSSR count). The lowest BCUT2D eigenvalue weighted by molar-refractivity contribution is 0.264. The molecule has 1 aromatic carbocycles. The summed E-state index contributed by atoms with van der Waals surface area (Å²) < 4.78 is 6.00. The third kappa shape index (κ3) is 5.03. The molecule has 1 unspecified atom stereocenters. The number of hydrogen-bond acceptors (Lipinski definition) is 5. The van der Waals surface area contributed by atoms with Gasteiger partial charge in [0, 0.05) is 19.2 Å². The minimum atomic E-state index is 0.130. The molecule has 0 saturated heterocycles. The highest BCUT2D eigenvalue weighted by atomic mass is 35.5. The first-order valence-corrected chi connectivity index (χ1v) is 10.8. The van der Waals surface area contributed by atoms with E-state index in [-0.39, 0.29) is 6.17 Å². The van der Waals surface area contributed by atoms with Crippen LogP contribution in [0.2, 0.25) is 5.02 Å². The van der Waals surface area contributed by atoms with E-state index in [2.05, 4.69) is 52.6 Å². The minimum Gasteiger partial charge on any atom is -0.490 e. The van der Waals surface area contributed by atoms with Crippen LogP contribution in [-0.2, 0) is 6.42 Å². The number of unbranched alkanes of at least 4 members (excludes halogenated alkanes) is 2. The Bertz CT molecular complexity index is 766. The Hall–Kier alpha value is -1.56. The molecule has 0 radical (unpaired) electrons. The van der Waals surface area contributed by atoms with Gasteiger partial charge in [0.1, 0.15) is 23.5 Å². The summed E-state index contributed by atoms with van der Waals surface area (Å²) in [6.07, 6.45) is 6.77. The summed E-state index contributed by atoms with van der Waals surface area (Å²) in [6.45, 7) is 5.59. The molecule has 6 heteroatoms. The molecular formula is C21H28ClN3OS. The fourth-order valence-electron chi connectivity index (χ4n) is 3.36. The number of aliphatic imine (C=N–C) groups is 1. The average Bonchev–Trinajstić information content (AvgIpc) is 3.11. The van der Waals surface area contributed by atoms with Gasteiger partial charge in [0.25, 0.3) is 0 Å². The van der Waals surface area contributed by atoms with Gasteiger partial charge in [-0.15, -0.1) is 11.3 Å². The first-order chi connectivity index (χ1) is 13.1. The first kappa shape index (κ1) is 20.2. The number of benzene rings is 1. The average molecular weight is 406 g/mol. The molecule has 146 valence electrons. The van der Waals surface area contributed by atoms with E-state index in [1.807, 2.05) is 13.4 Å². The van der Waals surface area contributed by atoms with Crippen LogP contribution < -0.4 is 10.1 Å². The summed E-state index contributed by atoms with van der Waals surface area (Å²) in [5.74, 6) is 0.799. The highest BCUT2D eigenvalue weighted by Crippen LogP contribution is 2.35. The van der Waals surface area contributed by atoms with Crippen molar-refractivity contribution >= 4 is 34.3 Å². The fraction of sp³-hybridized carbons (Fsp3) is 0.476. The van der Waals surface area contributed by atoms with E-state index in [4.69, 9.17) is 16.3 Å². The second kappa shape index (κ2) is 9.58. The van der Waals surface area contributed by atoms with Crippen LogP contribution in [0.15, 0.2) is 28.6 Å². The van der Waals surface area contributed by atoms with E-state index in [1.165, 1.54) is 30.4 Å². The molecule has 2 heterocycles. The Labute approximate surface area is 171 Å². The molecule has 1 aromatic heterocycles. The maximum Gasteiger partial charge on any atom is 0.140 e. The molecule has 1 aliphatic heterocycles. The van der Waals surface area contributed by atoms with Crippen LogP contribution in [0.4, 0.5) is 5.00 Å². The van der Waals surface area contributed by atoms with Crippen molar-refractivity contribution in [3.63, 3.8) is 0 Å². The first-order valence-electron chi connectivity index (χ1n) is 9.59. The van der Waals surface area contributed by atoms with Crippen molar-refractivity contribution in [3.05, 3.63) is 45.3 Å². The number of fused-ring (bicyclic) bond motifs is 1. The predicted molar refractivity (Wildman–Crippen MR) is 116 cm³/mol. The standard InChI is InChI=1S/C21H28ClN3OS/c1-4-5-6-7-16-12-15(2)19(18(22)13-16)26-10-9-23-20-17-8-11-27-21(17)24-14-25(20)3/h8,11-14,20,23H,4-7,9-10H2,1-3H3. The van der Waals surface area contributed by atoms with Crippen molar-refractivity contribution in [2.24, 2.45) is 4.99 Å². The van der Waals surface area contributed by atoms with Crippen LogP contribution in [0, 0.1) is 6.92 Å². The lowest BCUT2D eigenvalue weighted by Crippen LogP contribution is -2.38. The van der Waals surface area contributed by atoms with Gasteiger partial charge in [-0.05, 0) is 48.4 Å². The van der Waals surface area contributed by atoms with E-state index in [0.29, 0.717) is 11.6 Å². The van der Waals surface area contributed by atoms with Crippen molar-refractivity contribution in [1.29, 1.82) is 0 Å². The molecule has 0 aliphatic carbocycles. The minimum absolute atomic E-state index is 0.130. The molecule has 1 atom stereocenters. The number of aryl methyl sites for hydroxylation is 2. The lowest BCUT2D eigenvalue weighted by Gasteiger charge is -2.30. The van der Waals surface area contributed by atoms with Gasteiger partial charge < -0.3 is 9.64 Å². The normalized spacial score (nSPS) is 15.9. The molecule has 0 amide bonds. The number of thiophene rings is 1. The van der Waals surface area contributed by atoms with E-state index in [9.17, 15) is 0 Å². The monoisotopic (exact) mass is 405 g/mol. The molecular weight excluding hydrogens is 378 g/mol. The quantitative estimate of drug-likeness (QED) is 0.542. The lowest BCUT2D eigenvalue weighted by atomic mass is 10.0. The van der Waals surface area contributed by atoms with Crippen LogP contribution in [0.1, 0.15) is 49.0 Å². The Kier molecular flexibility index (Phi) is 7.16. The van der Waals surface area contributed by atoms with E-state index >= 15 is 0 Å². The summed E-state index contributed by atoms with van der Waals surface area (Å²) in [7, 11) is 2.03. The van der Waals surface area contributed by atoms with Gasteiger partial charge in [-0.2, -0.15) is 0 Å². The Morgan fingerprint density at radius 1 is 1.33 bits per heavy atom. The number of nitrogens with one attached hydrogen (secondary N) is 1. The molecule has 0 saturated carbocycles. The fourth-order valence-corrected chi connectivity index (χ4v) is 4.48. The van der Waals surface area contributed by atoms with Gasteiger partial charge in [0.05, 0.1) is 11.4 Å². The molecule has 0 fully saturated rings. The number of nitrogens with zero attached hydrogens (tertiary/aromatic N) is 2. The Morgan fingerprint density at radius 2 is 2.19 bits per heavy atom. The van der Waals surface area contributed by atoms with Crippen LogP contribution in [0.3, 0.4) is 0 Å². The van der Waals surface area contributed by atoms with Gasteiger partial charge in [0.15, 0.2) is 0 Å². The van der Waals surface area contributed by atoms with Crippen LogP contribution >= 0.6 is 22.9 Å². The highest BCUT2D eigenvalue weighted by molar-refractivity contribution is 7.14. The van der Waals surface area contributed by atoms with Gasteiger partial charge in [-0.25, -0.2) is 4.99 Å². The zero-order valence-electron chi connectivity index (χ0n) is 16.3. The van der Waals surface area contributed by atoms with Gasteiger partial charge in [-0.1, -0.05) is 37.4 Å². The van der Waals surface area contributed by atoms with E-state index in [1.54, 1.807) is 11.3 Å². The van der Waals surface area contributed by atoms with E-state index < -0.39 is 0 Å². The van der Waals surface area contributed by atoms with Gasteiger partial charge in [0.2, 0.25) is 0 Å². The zero-order chi connectivity index (χ0) is 19.2. The third-order valence-corrected chi connectivity index (χ3v) is 5.89. The topological polar surface area (TPSA) is 36.9 Å². The number of rotatable bonds is 9. The second-order valence-corrected chi connectivity index (χ2v) is 8.28. The molecule has 1 N–H and O–H groups in total. The maximum absolute atomic E-state index is 6.48. The summed E-state index contributed by atoms with van der Waals surface area (Å²) in [5.41, 5.74) is 3.62. The number of ether oxygens (including phenoxy) is 1. The van der Waals surface area contributed by atoms with Crippen molar-refractivity contribution in [2.75, 3.05) is 20.2 Å². The van der Waals surface area contributed by atoms with E-state index in [0.717, 1.165) is 29.3 Å². The van der Waals surface area contributed by atoms with Crippen molar-refractivity contribution in [3.8, 4) is 5.75 Å². The summed E-state index contributed by atoms with van der Waals surface area (Å²) in [5, 5.41) is 7.41. The molecule has 2 aromatic rings. The van der Waals surface area contributed by atoms with Crippen molar-refractivity contribution in [1.82, 2.24) is 10.2 Å². The number of hydrogen-bond donors (Lipinski definition) is 1. The number of halogens is 1. The third-order valence-electron chi connectivity index (χ3n) is 4.78. The zero-order valence-corrected chi connectivity index (χ0v) is 17.9. The van der Waals surface area contributed by atoms with Crippen LogP contribution in [0.25, 0.3) is 0 Å². The summed E-state index contributed by atoms with van der Waals surface area (Å²) in [6, 6.07) is 6.38. The van der Waals surface area contributed by atoms with Crippen molar-refractivity contribution < 1.29 is 4.74 Å². The second-order valence-electron chi connectivity index (χ2n) is 6.98. The Morgan fingerprint density at radius 3 is 2.96 bits per heavy atom. The highest BCUT2D eigenvalue weighted by Gasteiger charge is 2.22. The summed E-state index contributed by atoms with van der Waals surface area (Å²) in [4.78, 5) is 6.53. The maximum atomic E-state index is 6.48. The molecule has 4 nitrogen and oxygen atoms in total. The largest absolute Gasteiger partial charge is 0.490 e. The van der Waals surface area contributed by atoms with Gasteiger partial charge >= 0.3 is 0 Å². The van der Waals surface area contributed by atoms with Crippen LogP contribution in [0.5, 0.6) is 5.75 Å². The molecule has 0 bridgehead atoms. The van der Waals surface area contributed by atoms with Crippen molar-refractivity contribution in [2.45, 2.75) is 45.7 Å². The SMILES string of the molecule is CCCCCc1cc(C)c(OCCNC2c3ccsc3N=CN2C)c(Cl)c1. The molecule has 0 spiro atoms. The Balaban J connectivity index is 1.53. The molecule has 27 heavy (non-hydrogen) atoms. The predicted octanol–water partition coefficient (Wildman–Crippen LogP) is 5.72. The smallest absolute Gasteiger partial charge is 0.140 e. The summed E-state index contributed by atoms with van der Waals surface area (Å²) >= 11 is 8.15. The van der Waals surface area contributed by atoms with Gasteiger partial charge in [-0.3, -0.25) is 5.32 Å². The molecule has 1 aliphatic rings. The van der Waals surface area contributed by atoms with Crippen LogP contribution in [-0.4, -0.2) is 31.4 Å².